The molecule has 0 aliphatic rings. The molecule has 3 rings (SSSR count). The number of amides is 1. The lowest BCUT2D eigenvalue weighted by Gasteiger charge is -2.14. The molecule has 158 valence electrons. The summed E-state index contributed by atoms with van der Waals surface area (Å²) in [5, 5.41) is 12.2. The van der Waals surface area contributed by atoms with Crippen molar-refractivity contribution in [3.05, 3.63) is 65.0 Å². The Kier molecular flexibility index (Phi) is 7.52. The highest BCUT2D eigenvalue weighted by Gasteiger charge is 2.14. The summed E-state index contributed by atoms with van der Waals surface area (Å²) < 4.78 is 7.65. The van der Waals surface area contributed by atoms with E-state index in [9.17, 15) is 4.79 Å². The number of hydrogen-bond donors (Lipinski definition) is 1. The Labute approximate surface area is 182 Å². The van der Waals surface area contributed by atoms with E-state index in [4.69, 9.17) is 4.74 Å². The van der Waals surface area contributed by atoms with Gasteiger partial charge in [0.1, 0.15) is 12.4 Å². The number of carbonyl (C=O) groups is 1. The maximum atomic E-state index is 12.6. The molecule has 0 fully saturated rings. The van der Waals surface area contributed by atoms with E-state index in [0.29, 0.717) is 17.6 Å². The van der Waals surface area contributed by atoms with Crippen LogP contribution in [-0.4, -0.2) is 26.4 Å². The fraction of sp³-hybridized carbons (Fsp3) is 0.348. The third kappa shape index (κ3) is 5.42. The first-order valence-electron chi connectivity index (χ1n) is 10.1. The summed E-state index contributed by atoms with van der Waals surface area (Å²) in [7, 11) is 1.88. The molecule has 1 amide bonds. The van der Waals surface area contributed by atoms with Crippen LogP contribution in [0.25, 0.3) is 0 Å². The van der Waals surface area contributed by atoms with E-state index in [2.05, 4.69) is 41.5 Å². The van der Waals surface area contributed by atoms with Gasteiger partial charge in [0.05, 0.1) is 5.75 Å². The van der Waals surface area contributed by atoms with Crippen molar-refractivity contribution >= 4 is 23.4 Å². The number of hydrogen-bond acceptors (Lipinski definition) is 5. The lowest BCUT2D eigenvalue weighted by atomic mass is 10.0. The number of aryl methyl sites for hydroxylation is 3. The summed E-state index contributed by atoms with van der Waals surface area (Å²) in [6.45, 7) is 6.55. The van der Waals surface area contributed by atoms with Crippen LogP contribution in [0.5, 0.6) is 5.75 Å². The maximum Gasteiger partial charge on any atom is 0.234 e. The number of nitrogens with zero attached hydrogens (tertiary/aromatic N) is 3. The topological polar surface area (TPSA) is 69.0 Å². The van der Waals surface area contributed by atoms with E-state index in [0.717, 1.165) is 35.4 Å². The highest BCUT2D eigenvalue weighted by Crippen LogP contribution is 2.24. The van der Waals surface area contributed by atoms with Crippen molar-refractivity contribution in [2.75, 3.05) is 11.1 Å². The van der Waals surface area contributed by atoms with Gasteiger partial charge in [-0.1, -0.05) is 61.5 Å². The standard InChI is InChI=1S/C23H28N4O2S/c1-5-17-8-7-9-18(6-2)22(17)24-21(28)15-30-23-26-25-20(27(23)4)14-29-19-12-10-16(3)11-13-19/h7-13H,5-6,14-15H2,1-4H3,(H,24,28). The van der Waals surface area contributed by atoms with Gasteiger partial charge in [0.15, 0.2) is 11.0 Å². The van der Waals surface area contributed by atoms with E-state index < -0.39 is 0 Å². The highest BCUT2D eigenvalue weighted by atomic mass is 32.2. The maximum absolute atomic E-state index is 12.6. The minimum absolute atomic E-state index is 0.0453. The molecule has 0 spiro atoms. The van der Waals surface area contributed by atoms with Gasteiger partial charge in [-0.15, -0.1) is 10.2 Å². The van der Waals surface area contributed by atoms with Crippen LogP contribution in [-0.2, 0) is 31.3 Å². The molecule has 1 heterocycles. The number of aromatic nitrogens is 3. The first-order chi connectivity index (χ1) is 14.5. The summed E-state index contributed by atoms with van der Waals surface area (Å²) in [5.74, 6) is 1.73. The summed E-state index contributed by atoms with van der Waals surface area (Å²) in [6.07, 6.45) is 1.76. The molecule has 0 radical (unpaired) electrons. The van der Waals surface area contributed by atoms with Crippen molar-refractivity contribution in [2.45, 2.75) is 45.4 Å². The Morgan fingerprint density at radius 1 is 1.07 bits per heavy atom. The molecule has 0 aliphatic carbocycles. The van der Waals surface area contributed by atoms with Crippen LogP contribution in [0, 0.1) is 6.92 Å². The van der Waals surface area contributed by atoms with E-state index in [-0.39, 0.29) is 11.7 Å². The molecular formula is C23H28N4O2S. The van der Waals surface area contributed by atoms with Crippen LogP contribution in [0.15, 0.2) is 47.6 Å². The van der Waals surface area contributed by atoms with Crippen molar-refractivity contribution < 1.29 is 9.53 Å². The second-order valence-electron chi connectivity index (χ2n) is 7.05. The number of thioether (sulfide) groups is 1. The van der Waals surface area contributed by atoms with Gasteiger partial charge in [0, 0.05) is 12.7 Å². The zero-order valence-corrected chi connectivity index (χ0v) is 18.8. The molecule has 0 atom stereocenters. The van der Waals surface area contributed by atoms with Gasteiger partial charge >= 0.3 is 0 Å². The average Bonchev–Trinajstić information content (AvgIpc) is 3.11. The number of rotatable bonds is 9. The molecule has 1 N–H and O–H groups in total. The lowest BCUT2D eigenvalue weighted by Crippen LogP contribution is -2.17. The van der Waals surface area contributed by atoms with Gasteiger partial charge in [-0.2, -0.15) is 0 Å². The number of ether oxygens (including phenoxy) is 1. The van der Waals surface area contributed by atoms with E-state index in [1.165, 1.54) is 17.3 Å². The van der Waals surface area contributed by atoms with Gasteiger partial charge in [-0.25, -0.2) is 0 Å². The van der Waals surface area contributed by atoms with Gasteiger partial charge in [-0.05, 0) is 43.0 Å². The predicted molar refractivity (Wildman–Crippen MR) is 121 cm³/mol. The Hall–Kier alpha value is -2.80. The van der Waals surface area contributed by atoms with Crippen LogP contribution in [0.3, 0.4) is 0 Å². The fourth-order valence-electron chi connectivity index (χ4n) is 3.09. The van der Waals surface area contributed by atoms with Crippen molar-refractivity contribution in [2.24, 2.45) is 7.05 Å². The molecule has 1 aromatic heterocycles. The van der Waals surface area contributed by atoms with E-state index >= 15 is 0 Å². The third-order valence-corrected chi connectivity index (χ3v) is 5.93. The third-order valence-electron chi connectivity index (χ3n) is 4.91. The Morgan fingerprint density at radius 2 is 1.73 bits per heavy atom. The predicted octanol–water partition coefficient (Wildman–Crippen LogP) is 4.56. The molecule has 6 nitrogen and oxygen atoms in total. The van der Waals surface area contributed by atoms with Crippen molar-refractivity contribution in [1.82, 2.24) is 14.8 Å². The largest absolute Gasteiger partial charge is 0.486 e. The van der Waals surface area contributed by atoms with Crippen LogP contribution >= 0.6 is 11.8 Å². The van der Waals surface area contributed by atoms with E-state index in [1.54, 1.807) is 0 Å². The molecule has 2 aromatic carbocycles. The molecule has 7 heteroatoms. The van der Waals surface area contributed by atoms with Crippen molar-refractivity contribution in [1.29, 1.82) is 0 Å². The molecule has 0 unspecified atom stereocenters. The summed E-state index contributed by atoms with van der Waals surface area (Å²) in [4.78, 5) is 12.6. The molecule has 0 bridgehead atoms. The first kappa shape index (κ1) is 21.9. The summed E-state index contributed by atoms with van der Waals surface area (Å²) >= 11 is 1.37. The van der Waals surface area contributed by atoms with Crippen molar-refractivity contribution in [3.8, 4) is 5.75 Å². The first-order valence-corrected chi connectivity index (χ1v) is 11.1. The lowest BCUT2D eigenvalue weighted by molar-refractivity contribution is -0.113. The molecule has 0 saturated heterocycles. The fourth-order valence-corrected chi connectivity index (χ4v) is 3.82. The normalized spacial score (nSPS) is 10.8. The van der Waals surface area contributed by atoms with Gasteiger partial charge in [-0.3, -0.25) is 4.79 Å². The monoisotopic (exact) mass is 424 g/mol. The SMILES string of the molecule is CCc1cccc(CC)c1NC(=O)CSc1nnc(COc2ccc(C)cc2)n1C. The molecule has 0 aliphatic heterocycles. The Bertz CT molecular complexity index is 977. The number of benzene rings is 2. The second kappa shape index (κ2) is 10.3. The highest BCUT2D eigenvalue weighted by molar-refractivity contribution is 7.99. The quantitative estimate of drug-likeness (QED) is 0.510. The van der Waals surface area contributed by atoms with E-state index in [1.807, 2.05) is 48.9 Å². The minimum Gasteiger partial charge on any atom is -0.486 e. The number of para-hydroxylation sites is 1. The van der Waals surface area contributed by atoms with Crippen LogP contribution in [0.4, 0.5) is 5.69 Å². The summed E-state index contributed by atoms with van der Waals surface area (Å²) in [6, 6.07) is 14.0. The molecule has 3 aromatic rings. The zero-order chi connectivity index (χ0) is 21.5. The number of anilines is 1. The molecule has 0 saturated carbocycles. The Morgan fingerprint density at radius 3 is 2.37 bits per heavy atom. The van der Waals surface area contributed by atoms with Crippen LogP contribution in [0.1, 0.15) is 36.4 Å². The van der Waals surface area contributed by atoms with Gasteiger partial charge in [0.2, 0.25) is 5.91 Å². The average molecular weight is 425 g/mol. The van der Waals surface area contributed by atoms with Crippen LogP contribution < -0.4 is 10.1 Å². The Balaban J connectivity index is 1.57. The van der Waals surface area contributed by atoms with Crippen molar-refractivity contribution in [3.63, 3.8) is 0 Å². The zero-order valence-electron chi connectivity index (χ0n) is 17.9. The minimum atomic E-state index is -0.0453. The number of carbonyl (C=O) groups excluding carboxylic acids is 1. The molecule has 30 heavy (non-hydrogen) atoms. The second-order valence-corrected chi connectivity index (χ2v) is 8.00. The molecular weight excluding hydrogens is 396 g/mol. The van der Waals surface area contributed by atoms with Gasteiger partial charge in [0.25, 0.3) is 0 Å². The van der Waals surface area contributed by atoms with Crippen LogP contribution in [0.2, 0.25) is 0 Å². The van der Waals surface area contributed by atoms with Gasteiger partial charge < -0.3 is 14.6 Å². The number of nitrogens with one attached hydrogen (secondary N) is 1. The summed E-state index contributed by atoms with van der Waals surface area (Å²) in [5.41, 5.74) is 4.44. The smallest absolute Gasteiger partial charge is 0.234 e.